The fraction of sp³-hybridized carbons (Fsp3) is 0.538. The third-order valence-corrected chi connectivity index (χ3v) is 7.84. The first kappa shape index (κ1) is 21.5. The molecule has 1 saturated carbocycles. The van der Waals surface area contributed by atoms with Gasteiger partial charge < -0.3 is 14.6 Å². The van der Waals surface area contributed by atoms with Crippen LogP contribution in [0.15, 0.2) is 33.9 Å². The van der Waals surface area contributed by atoms with Crippen LogP contribution in [0.2, 0.25) is 0 Å². The highest BCUT2D eigenvalue weighted by Crippen LogP contribution is 2.51. The van der Waals surface area contributed by atoms with Crippen molar-refractivity contribution < 1.29 is 4.42 Å². The first-order valence-corrected chi connectivity index (χ1v) is 12.7. The molecule has 6 rings (SSSR count). The number of hydrogen-bond donors (Lipinski definition) is 1. The van der Waals surface area contributed by atoms with Crippen LogP contribution in [0.25, 0.3) is 11.1 Å². The SMILES string of the molecule is CC(C)N1CCN(c2ccc(Nc3ncc4oc5c(c4n3)C3(CC=N5)CCCCC3)nc2)CC1. The molecule has 0 unspecified atom stereocenters. The number of piperazine rings is 1. The smallest absolute Gasteiger partial charge is 0.229 e. The molecular weight excluding hydrogens is 426 g/mol. The molecule has 0 aromatic carbocycles. The van der Waals surface area contributed by atoms with E-state index in [1.54, 1.807) is 6.20 Å². The number of nitrogens with zero attached hydrogens (tertiary/aromatic N) is 6. The number of pyridine rings is 1. The molecule has 3 aromatic heterocycles. The number of furan rings is 1. The summed E-state index contributed by atoms with van der Waals surface area (Å²) >= 11 is 0. The molecule has 0 radical (unpaired) electrons. The summed E-state index contributed by atoms with van der Waals surface area (Å²) < 4.78 is 6.05. The predicted octanol–water partition coefficient (Wildman–Crippen LogP) is 5.20. The van der Waals surface area contributed by atoms with E-state index in [2.05, 4.69) is 50.0 Å². The van der Waals surface area contributed by atoms with Gasteiger partial charge in [0, 0.05) is 43.9 Å². The minimum atomic E-state index is 0.103. The largest absolute Gasteiger partial charge is 0.435 e. The number of hydrogen-bond acceptors (Lipinski definition) is 8. The maximum Gasteiger partial charge on any atom is 0.229 e. The Morgan fingerprint density at radius 3 is 2.56 bits per heavy atom. The van der Waals surface area contributed by atoms with Crippen LogP contribution in [0.4, 0.5) is 23.3 Å². The molecule has 178 valence electrons. The van der Waals surface area contributed by atoms with Gasteiger partial charge in [0.05, 0.1) is 23.6 Å². The van der Waals surface area contributed by atoms with Crippen molar-refractivity contribution in [2.45, 2.75) is 63.8 Å². The van der Waals surface area contributed by atoms with Crippen LogP contribution in [0, 0.1) is 0 Å². The Morgan fingerprint density at radius 2 is 1.82 bits per heavy atom. The molecule has 0 bridgehead atoms. The number of aromatic nitrogens is 3. The summed E-state index contributed by atoms with van der Waals surface area (Å²) in [6.45, 7) is 8.76. The van der Waals surface area contributed by atoms with Gasteiger partial charge in [0.1, 0.15) is 11.3 Å². The zero-order chi connectivity index (χ0) is 23.1. The van der Waals surface area contributed by atoms with Crippen LogP contribution in [-0.4, -0.2) is 58.3 Å². The van der Waals surface area contributed by atoms with Gasteiger partial charge in [-0.1, -0.05) is 19.3 Å². The van der Waals surface area contributed by atoms with Crippen LogP contribution in [0.5, 0.6) is 0 Å². The van der Waals surface area contributed by atoms with E-state index >= 15 is 0 Å². The molecule has 2 aliphatic heterocycles. The number of anilines is 3. The van der Waals surface area contributed by atoms with E-state index < -0.39 is 0 Å². The molecule has 1 N–H and O–H groups in total. The van der Waals surface area contributed by atoms with Crippen molar-refractivity contribution in [1.82, 2.24) is 19.9 Å². The highest BCUT2D eigenvalue weighted by Gasteiger charge is 2.41. The van der Waals surface area contributed by atoms with Gasteiger partial charge in [-0.15, -0.1) is 0 Å². The van der Waals surface area contributed by atoms with E-state index in [0.717, 1.165) is 55.5 Å². The van der Waals surface area contributed by atoms with E-state index in [0.29, 0.717) is 17.6 Å². The van der Waals surface area contributed by atoms with E-state index in [-0.39, 0.29) is 5.41 Å². The third-order valence-electron chi connectivity index (χ3n) is 7.84. The van der Waals surface area contributed by atoms with Crippen LogP contribution in [0.3, 0.4) is 0 Å². The lowest BCUT2D eigenvalue weighted by atomic mass is 9.67. The molecule has 34 heavy (non-hydrogen) atoms. The first-order chi connectivity index (χ1) is 16.6. The molecular formula is C26H33N7O. The van der Waals surface area contributed by atoms with Crippen molar-refractivity contribution in [2.75, 3.05) is 36.4 Å². The molecule has 1 aliphatic carbocycles. The normalized spacial score (nSPS) is 20.3. The Bertz CT molecular complexity index is 1190. The second-order valence-corrected chi connectivity index (χ2v) is 10.2. The number of fused-ring (bicyclic) bond motifs is 4. The van der Waals surface area contributed by atoms with E-state index in [9.17, 15) is 0 Å². The Kier molecular flexibility index (Phi) is 5.48. The topological polar surface area (TPSA) is 82.7 Å². The summed E-state index contributed by atoms with van der Waals surface area (Å²) in [6.07, 6.45) is 12.8. The molecule has 3 aromatic rings. The van der Waals surface area contributed by atoms with Crippen molar-refractivity contribution in [3.63, 3.8) is 0 Å². The standard InChI is InChI=1S/C26H33N7O/c1-18(2)32-12-14-33(15-13-32)19-6-7-21(28-16-19)30-25-29-17-20-23(31-25)22-24(34-20)27-11-10-26(22)8-4-3-5-9-26/h6-7,11,16-18H,3-5,8-10,12-15H2,1-2H3,(H,28,29,30,31). The van der Waals surface area contributed by atoms with E-state index in [1.807, 2.05) is 18.5 Å². The second-order valence-electron chi connectivity index (χ2n) is 10.2. The number of nitrogens with one attached hydrogen (secondary N) is 1. The van der Waals surface area contributed by atoms with Crippen LogP contribution < -0.4 is 10.2 Å². The van der Waals surface area contributed by atoms with Gasteiger partial charge in [0.15, 0.2) is 5.58 Å². The predicted molar refractivity (Wildman–Crippen MR) is 136 cm³/mol. The second kappa shape index (κ2) is 8.65. The summed E-state index contributed by atoms with van der Waals surface area (Å²) in [6, 6.07) is 4.74. The summed E-state index contributed by atoms with van der Waals surface area (Å²) in [5, 5.41) is 3.30. The monoisotopic (exact) mass is 459 g/mol. The summed E-state index contributed by atoms with van der Waals surface area (Å²) in [7, 11) is 0. The number of rotatable bonds is 4. The van der Waals surface area contributed by atoms with Crippen LogP contribution >= 0.6 is 0 Å². The molecule has 0 amide bonds. The van der Waals surface area contributed by atoms with Gasteiger partial charge in [-0.05, 0) is 45.2 Å². The number of aliphatic imine (C=N–C) groups is 1. The Hall–Kier alpha value is -3.00. The quantitative estimate of drug-likeness (QED) is 0.574. The average Bonchev–Trinajstić information content (AvgIpc) is 3.25. The summed E-state index contributed by atoms with van der Waals surface area (Å²) in [5.41, 5.74) is 4.05. The van der Waals surface area contributed by atoms with E-state index in [4.69, 9.17) is 9.40 Å². The van der Waals surface area contributed by atoms with Crippen LogP contribution in [0.1, 0.15) is 57.9 Å². The zero-order valence-corrected chi connectivity index (χ0v) is 20.1. The molecule has 1 saturated heterocycles. The Morgan fingerprint density at radius 1 is 1.00 bits per heavy atom. The van der Waals surface area contributed by atoms with Crippen molar-refractivity contribution in [2.24, 2.45) is 4.99 Å². The fourth-order valence-electron chi connectivity index (χ4n) is 5.86. The lowest BCUT2D eigenvalue weighted by Gasteiger charge is -2.38. The molecule has 3 aliphatic rings. The Balaban J connectivity index is 1.22. The lowest BCUT2D eigenvalue weighted by Crippen LogP contribution is -2.48. The van der Waals surface area contributed by atoms with Gasteiger partial charge in [0.2, 0.25) is 11.8 Å². The molecule has 5 heterocycles. The van der Waals surface area contributed by atoms with Crippen LogP contribution in [-0.2, 0) is 5.41 Å². The van der Waals surface area contributed by atoms with Gasteiger partial charge in [0.25, 0.3) is 0 Å². The molecule has 2 fully saturated rings. The summed E-state index contributed by atoms with van der Waals surface area (Å²) in [4.78, 5) is 23.5. The molecule has 8 nitrogen and oxygen atoms in total. The van der Waals surface area contributed by atoms with Crippen molar-refractivity contribution >= 4 is 40.7 Å². The van der Waals surface area contributed by atoms with Gasteiger partial charge in [-0.25, -0.2) is 19.9 Å². The average molecular weight is 460 g/mol. The third kappa shape index (κ3) is 3.83. The zero-order valence-electron chi connectivity index (χ0n) is 20.1. The van der Waals surface area contributed by atoms with E-state index in [1.165, 1.54) is 37.7 Å². The van der Waals surface area contributed by atoms with Crippen molar-refractivity contribution in [3.8, 4) is 0 Å². The molecule has 8 heteroatoms. The first-order valence-electron chi connectivity index (χ1n) is 12.7. The molecule has 1 spiro atoms. The highest BCUT2D eigenvalue weighted by molar-refractivity contribution is 5.87. The van der Waals surface area contributed by atoms with Crippen molar-refractivity contribution in [3.05, 3.63) is 30.1 Å². The maximum atomic E-state index is 6.05. The highest BCUT2D eigenvalue weighted by atomic mass is 16.3. The lowest BCUT2D eigenvalue weighted by molar-refractivity contribution is 0.209. The fourth-order valence-corrected chi connectivity index (χ4v) is 5.86. The summed E-state index contributed by atoms with van der Waals surface area (Å²) in [5.74, 6) is 2.00. The van der Waals surface area contributed by atoms with Gasteiger partial charge in [-0.3, -0.25) is 4.90 Å². The molecule has 0 atom stereocenters. The minimum Gasteiger partial charge on any atom is -0.435 e. The van der Waals surface area contributed by atoms with Crippen molar-refractivity contribution in [1.29, 1.82) is 0 Å². The van der Waals surface area contributed by atoms with Gasteiger partial charge >= 0.3 is 0 Å². The minimum absolute atomic E-state index is 0.103. The maximum absolute atomic E-state index is 6.05. The van der Waals surface area contributed by atoms with Gasteiger partial charge in [-0.2, -0.15) is 0 Å². The Labute approximate surface area is 200 Å².